The molecule has 0 aliphatic heterocycles. The second kappa shape index (κ2) is 2.95. The lowest BCUT2D eigenvalue weighted by Crippen LogP contribution is -2.40. The summed E-state index contributed by atoms with van der Waals surface area (Å²) in [6, 6.07) is 6.94. The summed E-state index contributed by atoms with van der Waals surface area (Å²) in [6.07, 6.45) is 1.40. The number of carbonyl (C=O) groups excluding carboxylic acids is 1. The molecule has 0 aliphatic carbocycles. The minimum absolute atomic E-state index is 0.122. The van der Waals surface area contributed by atoms with Crippen LogP contribution in [-0.4, -0.2) is 11.0 Å². The predicted molar refractivity (Wildman–Crippen MR) is 49.2 cm³/mol. The molecule has 1 aromatic heterocycles. The number of hydrogen-bond donors (Lipinski definition) is 1. The average Bonchev–Trinajstić information content (AvgIpc) is 2.17. The molecule has 5 nitrogen and oxygen atoms in total. The van der Waals surface area contributed by atoms with Gasteiger partial charge in [-0.2, -0.15) is 0 Å². The van der Waals surface area contributed by atoms with Crippen molar-refractivity contribution in [2.24, 2.45) is 5.73 Å². The van der Waals surface area contributed by atoms with Crippen LogP contribution in [0.3, 0.4) is 0 Å². The van der Waals surface area contributed by atoms with Gasteiger partial charge in [0, 0.05) is 10.5 Å². The van der Waals surface area contributed by atoms with Crippen LogP contribution in [0.5, 0.6) is 0 Å². The van der Waals surface area contributed by atoms with Gasteiger partial charge in [0.1, 0.15) is 6.20 Å². The number of nitrogens with two attached hydrogens (primary N) is 1. The maximum absolute atomic E-state index is 11.2. The molecular formula is C9H7N3O2. The Kier molecular flexibility index (Phi) is 1.78. The number of amides is 1. The average molecular weight is 189 g/mol. The predicted octanol–water partition coefficient (Wildman–Crippen LogP) is -0.0329. The van der Waals surface area contributed by atoms with Crippen LogP contribution in [0.2, 0.25) is 0 Å². The topological polar surface area (TPSA) is 82.9 Å². The molecule has 0 atom stereocenters. The standard InChI is InChI=1S/C9H7N3O2/c10-9(13)8-7-4-2-1-3-6(7)5-11-12(8)14/h1-5H,(H2,10,13). The van der Waals surface area contributed by atoms with Gasteiger partial charge >= 0.3 is 11.6 Å². The summed E-state index contributed by atoms with van der Waals surface area (Å²) in [6.45, 7) is 0. The van der Waals surface area contributed by atoms with Crippen molar-refractivity contribution < 1.29 is 9.64 Å². The first kappa shape index (κ1) is 8.43. The number of primary amides is 1. The fraction of sp³-hybridized carbons (Fsp3) is 0. The highest BCUT2D eigenvalue weighted by atomic mass is 16.5. The molecule has 2 N–H and O–H groups in total. The SMILES string of the molecule is NC(=O)c1c2ccccc2cn[n+]1[O-]. The summed E-state index contributed by atoms with van der Waals surface area (Å²) in [5, 5.41) is 15.9. The van der Waals surface area contributed by atoms with Crippen molar-refractivity contribution in [1.82, 2.24) is 5.10 Å². The second-order valence-corrected chi connectivity index (χ2v) is 2.82. The van der Waals surface area contributed by atoms with Gasteiger partial charge in [0.2, 0.25) is 0 Å². The molecule has 2 aromatic rings. The molecule has 0 aliphatic rings. The summed E-state index contributed by atoms with van der Waals surface area (Å²) in [7, 11) is 0. The molecule has 0 unspecified atom stereocenters. The van der Waals surface area contributed by atoms with Crippen molar-refractivity contribution in [2.75, 3.05) is 0 Å². The zero-order chi connectivity index (χ0) is 10.1. The Morgan fingerprint density at radius 1 is 1.43 bits per heavy atom. The molecule has 2 rings (SSSR count). The maximum atomic E-state index is 11.2. The van der Waals surface area contributed by atoms with E-state index in [0.717, 1.165) is 0 Å². The van der Waals surface area contributed by atoms with Gasteiger partial charge in [-0.15, -0.1) is 0 Å². The van der Waals surface area contributed by atoms with E-state index in [1.54, 1.807) is 24.3 Å². The first-order chi connectivity index (χ1) is 6.70. The Morgan fingerprint density at radius 3 is 2.86 bits per heavy atom. The van der Waals surface area contributed by atoms with Gasteiger partial charge in [0.15, 0.2) is 0 Å². The van der Waals surface area contributed by atoms with Crippen LogP contribution in [0, 0.1) is 5.21 Å². The molecule has 0 spiro atoms. The fourth-order valence-electron chi connectivity index (χ4n) is 1.33. The molecule has 0 saturated carbocycles. The number of benzene rings is 1. The molecule has 70 valence electrons. The second-order valence-electron chi connectivity index (χ2n) is 2.82. The lowest BCUT2D eigenvalue weighted by Gasteiger charge is -2.01. The van der Waals surface area contributed by atoms with Gasteiger partial charge in [-0.05, 0) is 10.9 Å². The zero-order valence-corrected chi connectivity index (χ0v) is 7.18. The number of aromatic nitrogens is 2. The molecule has 0 fully saturated rings. The number of fused-ring (bicyclic) bond motifs is 1. The highest BCUT2D eigenvalue weighted by molar-refractivity contribution is 6.02. The van der Waals surface area contributed by atoms with Gasteiger partial charge in [0.05, 0.1) is 5.39 Å². The van der Waals surface area contributed by atoms with E-state index in [9.17, 15) is 10.0 Å². The van der Waals surface area contributed by atoms with Gasteiger partial charge in [-0.1, -0.05) is 18.2 Å². The van der Waals surface area contributed by atoms with Gasteiger partial charge < -0.3 is 10.9 Å². The number of hydrogen-bond acceptors (Lipinski definition) is 3. The van der Waals surface area contributed by atoms with Gasteiger partial charge in [0.25, 0.3) is 0 Å². The van der Waals surface area contributed by atoms with Crippen LogP contribution in [0.4, 0.5) is 0 Å². The molecule has 14 heavy (non-hydrogen) atoms. The summed E-state index contributed by atoms with van der Waals surface area (Å²) in [5.41, 5.74) is 4.96. The summed E-state index contributed by atoms with van der Waals surface area (Å²) in [4.78, 5) is 11.2. The van der Waals surface area contributed by atoms with Crippen molar-refractivity contribution in [3.05, 3.63) is 41.4 Å². The van der Waals surface area contributed by atoms with Crippen LogP contribution in [-0.2, 0) is 0 Å². The van der Waals surface area contributed by atoms with Crippen LogP contribution in [0.1, 0.15) is 10.5 Å². The number of carbonyl (C=O) groups is 1. The maximum Gasteiger partial charge on any atom is 0.318 e. The molecule has 5 heteroatoms. The van der Waals surface area contributed by atoms with E-state index in [1.807, 2.05) is 0 Å². The highest BCUT2D eigenvalue weighted by Crippen LogP contribution is 2.13. The third-order valence-electron chi connectivity index (χ3n) is 1.94. The Hall–Kier alpha value is -2.17. The van der Waals surface area contributed by atoms with Crippen molar-refractivity contribution >= 4 is 16.7 Å². The first-order valence-electron chi connectivity index (χ1n) is 3.97. The highest BCUT2D eigenvalue weighted by Gasteiger charge is 2.18. The zero-order valence-electron chi connectivity index (χ0n) is 7.18. The summed E-state index contributed by atoms with van der Waals surface area (Å²) < 4.78 is 0. The van der Waals surface area contributed by atoms with E-state index in [2.05, 4.69) is 5.10 Å². The third kappa shape index (κ3) is 1.15. The molecule has 0 bridgehead atoms. The van der Waals surface area contributed by atoms with Crippen molar-refractivity contribution in [3.63, 3.8) is 0 Å². The molecular weight excluding hydrogens is 182 g/mol. The van der Waals surface area contributed by atoms with Gasteiger partial charge in [-0.3, -0.25) is 4.79 Å². The molecule has 0 saturated heterocycles. The van der Waals surface area contributed by atoms with Crippen LogP contribution < -0.4 is 10.6 Å². The minimum Gasteiger partial charge on any atom is -0.594 e. The molecule has 1 amide bonds. The molecule has 1 heterocycles. The van der Waals surface area contributed by atoms with Crippen LogP contribution in [0.25, 0.3) is 10.8 Å². The normalized spacial score (nSPS) is 10.3. The monoisotopic (exact) mass is 189 g/mol. The minimum atomic E-state index is -0.774. The fourth-order valence-corrected chi connectivity index (χ4v) is 1.33. The Balaban J connectivity index is 2.90. The van der Waals surface area contributed by atoms with Crippen LogP contribution >= 0.6 is 0 Å². The smallest absolute Gasteiger partial charge is 0.318 e. The quantitative estimate of drug-likeness (QED) is 0.505. The lowest BCUT2D eigenvalue weighted by molar-refractivity contribution is -0.669. The van der Waals surface area contributed by atoms with E-state index >= 15 is 0 Å². The van der Waals surface area contributed by atoms with Crippen molar-refractivity contribution in [2.45, 2.75) is 0 Å². The third-order valence-corrected chi connectivity index (χ3v) is 1.94. The number of nitrogens with zero attached hydrogens (tertiary/aromatic N) is 2. The van der Waals surface area contributed by atoms with E-state index < -0.39 is 5.91 Å². The van der Waals surface area contributed by atoms with Crippen molar-refractivity contribution in [3.8, 4) is 0 Å². The van der Waals surface area contributed by atoms with Gasteiger partial charge in [-0.25, -0.2) is 0 Å². The largest absolute Gasteiger partial charge is 0.594 e. The molecule has 0 radical (unpaired) electrons. The van der Waals surface area contributed by atoms with Crippen molar-refractivity contribution in [1.29, 1.82) is 0 Å². The Morgan fingerprint density at radius 2 is 2.14 bits per heavy atom. The Labute approximate surface area is 79.3 Å². The van der Waals surface area contributed by atoms with E-state index in [-0.39, 0.29) is 10.5 Å². The number of rotatable bonds is 1. The van der Waals surface area contributed by atoms with E-state index in [1.165, 1.54) is 6.20 Å². The summed E-state index contributed by atoms with van der Waals surface area (Å²) >= 11 is 0. The van der Waals surface area contributed by atoms with E-state index in [4.69, 9.17) is 5.73 Å². The lowest BCUT2D eigenvalue weighted by atomic mass is 10.1. The van der Waals surface area contributed by atoms with E-state index in [0.29, 0.717) is 10.8 Å². The first-order valence-corrected chi connectivity index (χ1v) is 3.97. The molecule has 1 aromatic carbocycles. The Bertz CT molecular complexity index is 510. The summed E-state index contributed by atoms with van der Waals surface area (Å²) in [5.74, 6) is -0.774. The van der Waals surface area contributed by atoms with Crippen LogP contribution in [0.15, 0.2) is 30.5 Å².